The Kier molecular flexibility index (Phi) is 2.59. The van der Waals surface area contributed by atoms with E-state index in [9.17, 15) is 9.90 Å². The van der Waals surface area contributed by atoms with E-state index in [1.54, 1.807) is 31.5 Å². The third-order valence-corrected chi connectivity index (χ3v) is 2.20. The zero-order valence-electron chi connectivity index (χ0n) is 8.69. The number of aryl methyl sites for hydroxylation is 1. The predicted molar refractivity (Wildman–Crippen MR) is 59.4 cm³/mol. The Bertz CT molecular complexity index is 506. The molecule has 0 unspecified atom stereocenters. The minimum atomic E-state index is -0.315. The first kappa shape index (κ1) is 10.2. The van der Waals surface area contributed by atoms with Crippen molar-refractivity contribution in [3.8, 4) is 5.75 Å². The van der Waals surface area contributed by atoms with Gasteiger partial charge in [-0.3, -0.25) is 10.1 Å². The summed E-state index contributed by atoms with van der Waals surface area (Å²) < 4.78 is 0. The standard InChI is InChI=1S/C11H11N3O2/c1-7-2-3-8(6-9(7)15)10(16)14-11-12-4-5-13-11/h2-6,15H,1H3,(H2,12,13,14,16). The molecule has 16 heavy (non-hydrogen) atoms. The van der Waals surface area contributed by atoms with E-state index in [-0.39, 0.29) is 11.7 Å². The van der Waals surface area contributed by atoms with Crippen LogP contribution < -0.4 is 5.32 Å². The lowest BCUT2D eigenvalue weighted by molar-refractivity contribution is 0.102. The summed E-state index contributed by atoms with van der Waals surface area (Å²) in [6.07, 6.45) is 3.16. The number of aromatic amines is 1. The predicted octanol–water partition coefficient (Wildman–Crippen LogP) is 1.68. The number of imidazole rings is 1. The van der Waals surface area contributed by atoms with E-state index < -0.39 is 0 Å². The number of rotatable bonds is 2. The Labute approximate surface area is 92.2 Å². The average molecular weight is 217 g/mol. The second kappa shape index (κ2) is 4.06. The fraction of sp³-hybridized carbons (Fsp3) is 0.0909. The van der Waals surface area contributed by atoms with Crippen molar-refractivity contribution in [2.75, 3.05) is 5.32 Å². The van der Waals surface area contributed by atoms with Gasteiger partial charge >= 0.3 is 0 Å². The first-order valence-electron chi connectivity index (χ1n) is 4.77. The van der Waals surface area contributed by atoms with Crippen LogP contribution in [0.5, 0.6) is 5.75 Å². The fourth-order valence-electron chi connectivity index (χ4n) is 1.26. The van der Waals surface area contributed by atoms with Crippen molar-refractivity contribution in [2.45, 2.75) is 6.92 Å². The molecule has 0 spiro atoms. The number of hydrogen-bond acceptors (Lipinski definition) is 3. The number of H-pyrrole nitrogens is 1. The lowest BCUT2D eigenvalue weighted by Gasteiger charge is -2.04. The maximum Gasteiger partial charge on any atom is 0.258 e. The molecule has 1 amide bonds. The van der Waals surface area contributed by atoms with Gasteiger partial charge in [0.25, 0.3) is 5.91 Å². The highest BCUT2D eigenvalue weighted by Gasteiger charge is 2.08. The van der Waals surface area contributed by atoms with E-state index in [1.807, 2.05) is 0 Å². The maximum atomic E-state index is 11.7. The van der Waals surface area contributed by atoms with Gasteiger partial charge < -0.3 is 10.1 Å². The number of amides is 1. The number of nitrogens with zero attached hydrogens (tertiary/aromatic N) is 1. The second-order valence-corrected chi connectivity index (χ2v) is 3.39. The zero-order valence-corrected chi connectivity index (χ0v) is 8.69. The highest BCUT2D eigenvalue weighted by molar-refractivity contribution is 6.03. The van der Waals surface area contributed by atoms with Gasteiger partial charge in [-0.15, -0.1) is 0 Å². The summed E-state index contributed by atoms with van der Waals surface area (Å²) >= 11 is 0. The molecule has 0 saturated heterocycles. The molecular weight excluding hydrogens is 206 g/mol. The molecule has 0 bridgehead atoms. The number of carbonyl (C=O) groups excluding carboxylic acids is 1. The molecule has 5 heteroatoms. The number of aromatic hydroxyl groups is 1. The van der Waals surface area contributed by atoms with Gasteiger partial charge in [-0.05, 0) is 24.6 Å². The Balaban J connectivity index is 2.18. The molecule has 2 aromatic rings. The highest BCUT2D eigenvalue weighted by Crippen LogP contribution is 2.17. The highest BCUT2D eigenvalue weighted by atomic mass is 16.3. The third-order valence-electron chi connectivity index (χ3n) is 2.20. The van der Waals surface area contributed by atoms with E-state index in [1.165, 1.54) is 6.07 Å². The maximum absolute atomic E-state index is 11.7. The molecule has 0 atom stereocenters. The van der Waals surface area contributed by atoms with Crippen LogP contribution in [0.2, 0.25) is 0 Å². The second-order valence-electron chi connectivity index (χ2n) is 3.39. The number of nitrogens with one attached hydrogen (secondary N) is 2. The normalized spacial score (nSPS) is 10.1. The van der Waals surface area contributed by atoms with Crippen molar-refractivity contribution >= 4 is 11.9 Å². The SMILES string of the molecule is Cc1ccc(C(=O)Nc2ncc[nH]2)cc1O. The molecule has 0 radical (unpaired) electrons. The van der Waals surface area contributed by atoms with Crippen LogP contribution >= 0.6 is 0 Å². The molecule has 3 N–H and O–H groups in total. The number of benzene rings is 1. The summed E-state index contributed by atoms with van der Waals surface area (Å²) in [6, 6.07) is 4.76. The Morgan fingerprint density at radius 2 is 2.31 bits per heavy atom. The number of aromatic nitrogens is 2. The van der Waals surface area contributed by atoms with E-state index in [2.05, 4.69) is 15.3 Å². The number of anilines is 1. The molecule has 1 heterocycles. The van der Waals surface area contributed by atoms with Crippen molar-refractivity contribution in [1.82, 2.24) is 9.97 Å². The summed E-state index contributed by atoms with van der Waals surface area (Å²) in [4.78, 5) is 18.3. The molecule has 1 aromatic heterocycles. The van der Waals surface area contributed by atoms with Gasteiger partial charge in [-0.1, -0.05) is 6.07 Å². The molecule has 0 saturated carbocycles. The zero-order chi connectivity index (χ0) is 11.5. The van der Waals surface area contributed by atoms with Gasteiger partial charge in [0.1, 0.15) is 5.75 Å². The Hall–Kier alpha value is -2.30. The largest absolute Gasteiger partial charge is 0.508 e. The summed E-state index contributed by atoms with van der Waals surface area (Å²) in [5.41, 5.74) is 1.12. The average Bonchev–Trinajstić information content (AvgIpc) is 2.74. The first-order valence-corrected chi connectivity index (χ1v) is 4.77. The smallest absolute Gasteiger partial charge is 0.258 e. The Morgan fingerprint density at radius 3 is 2.94 bits per heavy atom. The van der Waals surface area contributed by atoms with Crippen molar-refractivity contribution < 1.29 is 9.90 Å². The summed E-state index contributed by atoms with van der Waals surface area (Å²) in [5, 5.41) is 12.0. The minimum Gasteiger partial charge on any atom is -0.508 e. The topological polar surface area (TPSA) is 78.0 Å². The van der Waals surface area contributed by atoms with Crippen molar-refractivity contribution in [3.05, 3.63) is 41.7 Å². The fourth-order valence-corrected chi connectivity index (χ4v) is 1.26. The van der Waals surface area contributed by atoms with E-state index in [0.29, 0.717) is 11.5 Å². The molecular formula is C11H11N3O2. The van der Waals surface area contributed by atoms with Gasteiger partial charge in [0.2, 0.25) is 5.95 Å². The van der Waals surface area contributed by atoms with Crippen LogP contribution in [0.15, 0.2) is 30.6 Å². The lowest BCUT2D eigenvalue weighted by Crippen LogP contribution is -2.12. The molecule has 1 aromatic carbocycles. The third kappa shape index (κ3) is 2.03. The molecule has 5 nitrogen and oxygen atoms in total. The number of phenols is 1. The van der Waals surface area contributed by atoms with E-state index in [4.69, 9.17) is 0 Å². The first-order chi connectivity index (χ1) is 7.66. The summed E-state index contributed by atoms with van der Waals surface area (Å²) in [6.45, 7) is 1.77. The minimum absolute atomic E-state index is 0.104. The van der Waals surface area contributed by atoms with Crippen molar-refractivity contribution in [2.24, 2.45) is 0 Å². The lowest BCUT2D eigenvalue weighted by atomic mass is 10.1. The van der Waals surface area contributed by atoms with Gasteiger partial charge in [0.15, 0.2) is 0 Å². The van der Waals surface area contributed by atoms with E-state index in [0.717, 1.165) is 5.56 Å². The van der Waals surface area contributed by atoms with Crippen LogP contribution in [0, 0.1) is 6.92 Å². The van der Waals surface area contributed by atoms with Crippen LogP contribution in [0.4, 0.5) is 5.95 Å². The van der Waals surface area contributed by atoms with Crippen LogP contribution in [-0.4, -0.2) is 21.0 Å². The molecule has 0 aliphatic carbocycles. The van der Waals surface area contributed by atoms with Crippen molar-refractivity contribution in [3.63, 3.8) is 0 Å². The Morgan fingerprint density at radius 1 is 1.50 bits per heavy atom. The van der Waals surface area contributed by atoms with Crippen LogP contribution in [0.25, 0.3) is 0 Å². The van der Waals surface area contributed by atoms with Gasteiger partial charge in [0, 0.05) is 18.0 Å². The summed E-state index contributed by atoms with van der Waals surface area (Å²) in [5.74, 6) is 0.169. The van der Waals surface area contributed by atoms with Gasteiger partial charge in [0.05, 0.1) is 0 Å². The molecule has 0 fully saturated rings. The monoisotopic (exact) mass is 217 g/mol. The van der Waals surface area contributed by atoms with Crippen LogP contribution in [-0.2, 0) is 0 Å². The quantitative estimate of drug-likeness (QED) is 0.716. The molecule has 82 valence electrons. The van der Waals surface area contributed by atoms with Crippen molar-refractivity contribution in [1.29, 1.82) is 0 Å². The van der Waals surface area contributed by atoms with Crippen LogP contribution in [0.1, 0.15) is 15.9 Å². The molecule has 0 aliphatic heterocycles. The summed E-state index contributed by atoms with van der Waals surface area (Å²) in [7, 11) is 0. The molecule has 0 aliphatic rings. The van der Waals surface area contributed by atoms with Crippen LogP contribution in [0.3, 0.4) is 0 Å². The number of hydrogen-bond donors (Lipinski definition) is 3. The van der Waals surface area contributed by atoms with E-state index >= 15 is 0 Å². The van der Waals surface area contributed by atoms with Gasteiger partial charge in [-0.25, -0.2) is 4.98 Å². The number of carbonyl (C=O) groups is 1. The molecule has 2 rings (SSSR count). The van der Waals surface area contributed by atoms with Gasteiger partial charge in [-0.2, -0.15) is 0 Å². The number of phenolic OH excluding ortho intramolecular Hbond substituents is 1.